The zero-order valence-electron chi connectivity index (χ0n) is 21.9. The van der Waals surface area contributed by atoms with E-state index in [0.29, 0.717) is 18.8 Å². The van der Waals surface area contributed by atoms with E-state index in [0.717, 1.165) is 5.56 Å². The van der Waals surface area contributed by atoms with E-state index in [2.05, 4.69) is 20.1 Å². The van der Waals surface area contributed by atoms with Crippen molar-refractivity contribution >= 4 is 5.97 Å². The number of hydrogen-bond donors (Lipinski definition) is 0. The fourth-order valence-electron chi connectivity index (χ4n) is 4.04. The molecule has 0 bridgehead atoms. The molecule has 0 saturated heterocycles. The third-order valence-corrected chi connectivity index (χ3v) is 6.26. The second-order valence-corrected chi connectivity index (χ2v) is 9.08. The maximum Gasteiger partial charge on any atom is 0.338 e. The Morgan fingerprint density at radius 3 is 1.87 bits per heavy atom. The van der Waals surface area contributed by atoms with Gasteiger partial charge in [-0.2, -0.15) is 0 Å². The largest absolute Gasteiger partial charge is 0.495 e. The van der Waals surface area contributed by atoms with Crippen molar-refractivity contribution in [3.8, 4) is 0 Å². The average Bonchev–Trinajstić information content (AvgIpc) is 2.96. The molecule has 2 aliphatic rings. The van der Waals surface area contributed by atoms with Crippen LogP contribution in [0, 0.1) is 11.8 Å². The number of carbonyl (C=O) groups is 1. The Balaban J connectivity index is 0.000000216. The Morgan fingerprint density at radius 1 is 0.821 bits per heavy atom. The van der Waals surface area contributed by atoms with E-state index in [9.17, 15) is 4.79 Å². The van der Waals surface area contributed by atoms with Gasteiger partial charge >= 0.3 is 5.97 Å². The summed E-state index contributed by atoms with van der Waals surface area (Å²) in [5.41, 5.74) is 18.8. The highest BCUT2D eigenvalue weighted by Crippen LogP contribution is 2.23. The molecule has 0 aromatic heterocycles. The van der Waals surface area contributed by atoms with Crippen LogP contribution >= 0.6 is 0 Å². The van der Waals surface area contributed by atoms with E-state index in [-0.39, 0.29) is 36.6 Å². The molecule has 2 unspecified atom stereocenters. The Labute approximate surface area is 227 Å². The number of ether oxygens (including phenoxy) is 4. The second kappa shape index (κ2) is 15.7. The van der Waals surface area contributed by atoms with Crippen LogP contribution in [0.2, 0.25) is 0 Å². The smallest absolute Gasteiger partial charge is 0.338 e. The lowest BCUT2D eigenvalue weighted by atomic mass is 9.96. The summed E-state index contributed by atoms with van der Waals surface area (Å²) in [5, 5.41) is 7.51. The molecule has 4 rings (SSSR count). The van der Waals surface area contributed by atoms with Crippen molar-refractivity contribution in [2.24, 2.45) is 22.1 Å². The van der Waals surface area contributed by atoms with E-state index >= 15 is 0 Å². The minimum Gasteiger partial charge on any atom is -0.495 e. The van der Waals surface area contributed by atoms with E-state index in [1.165, 1.54) is 0 Å². The van der Waals surface area contributed by atoms with Crippen LogP contribution in [-0.2, 0) is 25.6 Å². The maximum atomic E-state index is 11.8. The Bertz CT molecular complexity index is 1200. The summed E-state index contributed by atoms with van der Waals surface area (Å²) in [6, 6.07) is 18.1. The fraction of sp³-hybridized carbons (Fsp3) is 0.393. The van der Waals surface area contributed by atoms with Crippen LogP contribution in [-0.4, -0.2) is 43.5 Å². The molecule has 0 N–H and O–H groups in total. The first-order valence-corrected chi connectivity index (χ1v) is 12.6. The molecule has 0 saturated carbocycles. The van der Waals surface area contributed by atoms with E-state index in [1.807, 2.05) is 62.4 Å². The predicted molar refractivity (Wildman–Crippen MR) is 145 cm³/mol. The summed E-state index contributed by atoms with van der Waals surface area (Å²) < 4.78 is 21.7. The van der Waals surface area contributed by atoms with Crippen LogP contribution in [0.15, 0.2) is 95.6 Å². The second-order valence-electron chi connectivity index (χ2n) is 9.08. The van der Waals surface area contributed by atoms with Gasteiger partial charge in [-0.05, 0) is 52.7 Å². The highest BCUT2D eigenvalue weighted by atomic mass is 16.6. The highest BCUT2D eigenvalue weighted by molar-refractivity contribution is 5.89. The van der Waals surface area contributed by atoms with Crippen molar-refractivity contribution in [2.75, 3.05) is 13.2 Å². The number of carbonyl (C=O) groups excluding carboxylic acids is 1. The van der Waals surface area contributed by atoms with Crippen molar-refractivity contribution < 1.29 is 23.7 Å². The van der Waals surface area contributed by atoms with E-state index < -0.39 is 12.1 Å². The molecule has 11 heteroatoms. The first-order valence-electron chi connectivity index (χ1n) is 12.6. The molecule has 0 spiro atoms. The van der Waals surface area contributed by atoms with Gasteiger partial charge in [0.15, 0.2) is 0 Å². The summed E-state index contributed by atoms with van der Waals surface area (Å²) in [6.07, 6.45) is 6.24. The van der Waals surface area contributed by atoms with Crippen molar-refractivity contribution in [2.45, 2.75) is 44.7 Å². The van der Waals surface area contributed by atoms with Crippen LogP contribution in [0.25, 0.3) is 20.9 Å². The molecule has 204 valence electrons. The van der Waals surface area contributed by atoms with Gasteiger partial charge in [0.1, 0.15) is 18.8 Å². The monoisotopic (exact) mass is 532 g/mol. The van der Waals surface area contributed by atoms with Gasteiger partial charge in [0.05, 0.1) is 43.4 Å². The van der Waals surface area contributed by atoms with Crippen LogP contribution in [0.3, 0.4) is 0 Å². The Morgan fingerprint density at radius 2 is 1.33 bits per heavy atom. The Kier molecular flexibility index (Phi) is 11.8. The van der Waals surface area contributed by atoms with Crippen LogP contribution in [0.5, 0.6) is 0 Å². The molecule has 39 heavy (non-hydrogen) atoms. The molecule has 0 fully saturated rings. The summed E-state index contributed by atoms with van der Waals surface area (Å²) >= 11 is 0. The lowest BCUT2D eigenvalue weighted by Gasteiger charge is -2.29. The number of benzene rings is 2. The number of nitrogens with zero attached hydrogens (tertiary/aromatic N) is 6. The molecule has 2 aromatic rings. The lowest BCUT2D eigenvalue weighted by molar-refractivity contribution is -0.00646. The van der Waals surface area contributed by atoms with Crippen molar-refractivity contribution in [3.63, 3.8) is 0 Å². The Hall–Kier alpha value is -4.43. The highest BCUT2D eigenvalue weighted by Gasteiger charge is 2.30. The van der Waals surface area contributed by atoms with E-state index in [1.54, 1.807) is 36.8 Å². The zero-order valence-corrected chi connectivity index (χ0v) is 21.9. The average molecular weight is 533 g/mol. The zero-order chi connectivity index (χ0) is 27.9. The van der Waals surface area contributed by atoms with Gasteiger partial charge in [-0.15, -0.1) is 0 Å². The van der Waals surface area contributed by atoms with Gasteiger partial charge < -0.3 is 18.9 Å². The van der Waals surface area contributed by atoms with Gasteiger partial charge in [0, 0.05) is 9.82 Å². The molecule has 0 aliphatic carbocycles. The molecule has 2 aliphatic heterocycles. The molecular weight excluding hydrogens is 500 g/mol. The van der Waals surface area contributed by atoms with Gasteiger partial charge in [-0.25, -0.2) is 4.79 Å². The summed E-state index contributed by atoms with van der Waals surface area (Å²) in [4.78, 5) is 17.5. The van der Waals surface area contributed by atoms with Crippen molar-refractivity contribution in [3.05, 3.63) is 117 Å². The summed E-state index contributed by atoms with van der Waals surface area (Å²) in [6.45, 7) is 4.91. The van der Waals surface area contributed by atoms with Crippen molar-refractivity contribution in [1.29, 1.82) is 0 Å². The molecule has 0 amide bonds. The predicted octanol–water partition coefficient (Wildman–Crippen LogP) is 6.50. The van der Waals surface area contributed by atoms with Crippen LogP contribution in [0.1, 0.15) is 29.8 Å². The molecular formula is C28H32N6O5. The molecule has 11 nitrogen and oxygen atoms in total. The van der Waals surface area contributed by atoms with Gasteiger partial charge in [-0.1, -0.05) is 72.6 Å². The minimum atomic E-state index is -0.460. The number of azide groups is 2. The van der Waals surface area contributed by atoms with E-state index in [4.69, 9.17) is 30.0 Å². The third-order valence-electron chi connectivity index (χ3n) is 6.26. The first kappa shape index (κ1) is 29.1. The van der Waals surface area contributed by atoms with Gasteiger partial charge in [-0.3, -0.25) is 0 Å². The summed E-state index contributed by atoms with van der Waals surface area (Å²) in [5.74, 6) is -0.217. The quantitative estimate of drug-likeness (QED) is 0.156. The number of esters is 1. The topological polar surface area (TPSA) is 152 Å². The SMILES string of the molecule is C[C@@H]1C=COC(COC(=O)c2ccccc2)[C@@H]1N=[N+]=[N-].C[C@@H]1C=COC(COCc2ccccc2)[C@@H]1N=[N+]=[N-]. The molecule has 6 atom stereocenters. The lowest BCUT2D eigenvalue weighted by Crippen LogP contribution is -2.37. The molecule has 2 aromatic carbocycles. The number of hydrogen-bond acceptors (Lipinski definition) is 7. The normalized spacial score (nSPS) is 24.9. The van der Waals surface area contributed by atoms with Gasteiger partial charge in [0.2, 0.25) is 0 Å². The first-order chi connectivity index (χ1) is 19.0. The molecule has 0 radical (unpaired) electrons. The van der Waals surface area contributed by atoms with Crippen LogP contribution in [0.4, 0.5) is 0 Å². The number of rotatable bonds is 9. The fourth-order valence-corrected chi connectivity index (χ4v) is 4.04. The minimum absolute atomic E-state index is 0.0417. The maximum absolute atomic E-state index is 11.8. The summed E-state index contributed by atoms with van der Waals surface area (Å²) in [7, 11) is 0. The van der Waals surface area contributed by atoms with Crippen LogP contribution < -0.4 is 0 Å². The van der Waals surface area contributed by atoms with Gasteiger partial charge in [0.25, 0.3) is 0 Å². The molecule has 2 heterocycles. The van der Waals surface area contributed by atoms with Crippen molar-refractivity contribution in [1.82, 2.24) is 0 Å². The standard InChI is InChI=1S/C14H15N3O3.C14H17N3O2/c1-10-7-8-19-12(13(10)16-17-15)9-20-14(18)11-5-3-2-4-6-11;1-11-7-8-19-13(14(11)16-17-15)10-18-9-12-5-3-2-4-6-12/h2-8,10,12-13H,9H2,1H3;2-8,11,13-14H,9-10H2,1H3/t10-,12?,13-;11-,13?,14-/m11/s1. The third kappa shape index (κ3) is 9.12.